The predicted octanol–water partition coefficient (Wildman–Crippen LogP) is 3.42. The van der Waals surface area contributed by atoms with E-state index >= 15 is 0 Å². The number of hydrogen-bond acceptors (Lipinski definition) is 5. The lowest BCUT2D eigenvalue weighted by Crippen LogP contribution is -2.33. The highest BCUT2D eigenvalue weighted by molar-refractivity contribution is 5.89. The molecule has 2 aromatic carbocycles. The van der Waals surface area contributed by atoms with Gasteiger partial charge in [-0.25, -0.2) is 4.79 Å². The molecule has 0 aliphatic heterocycles. The van der Waals surface area contributed by atoms with Gasteiger partial charge in [0.2, 0.25) is 0 Å². The van der Waals surface area contributed by atoms with Crippen molar-refractivity contribution < 1.29 is 19.2 Å². The molecule has 0 spiro atoms. The number of rotatable bonds is 8. The van der Waals surface area contributed by atoms with Crippen LogP contribution in [0.5, 0.6) is 0 Å². The van der Waals surface area contributed by atoms with Crippen molar-refractivity contribution in [2.24, 2.45) is 5.92 Å². The van der Waals surface area contributed by atoms with Gasteiger partial charge in [0.05, 0.1) is 11.0 Å². The van der Waals surface area contributed by atoms with Gasteiger partial charge in [-0.05, 0) is 48.1 Å². The van der Waals surface area contributed by atoms with Crippen molar-refractivity contribution in [2.45, 2.75) is 18.9 Å². The second-order valence-corrected chi connectivity index (χ2v) is 6.58. The standard InChI is InChI=1S/C21H20N2O5/c24-19(22-21(17-9-10-17)16-4-2-1-3-5-16)14-28-20(25)13-8-15-6-11-18(12-7-15)23(26)27/h1-8,11-13,17,21H,9-10,14H2,(H,22,24)/b13-8+. The van der Waals surface area contributed by atoms with Crippen molar-refractivity contribution in [3.05, 3.63) is 81.9 Å². The molecule has 1 amide bonds. The number of esters is 1. The van der Waals surface area contributed by atoms with Crippen molar-refractivity contribution in [3.8, 4) is 0 Å². The molecule has 0 heterocycles. The maximum absolute atomic E-state index is 12.2. The number of nitro benzene ring substituents is 1. The van der Waals surface area contributed by atoms with Crippen LogP contribution in [0.3, 0.4) is 0 Å². The number of hydrogen-bond donors (Lipinski definition) is 1. The summed E-state index contributed by atoms with van der Waals surface area (Å²) in [6.45, 7) is -0.362. The van der Waals surface area contributed by atoms with Gasteiger partial charge >= 0.3 is 5.97 Å². The van der Waals surface area contributed by atoms with E-state index in [1.807, 2.05) is 30.3 Å². The highest BCUT2D eigenvalue weighted by Gasteiger charge is 2.33. The Morgan fingerprint density at radius 1 is 1.14 bits per heavy atom. The molecular formula is C21H20N2O5. The fourth-order valence-electron chi connectivity index (χ4n) is 2.83. The van der Waals surface area contributed by atoms with Crippen LogP contribution in [0.4, 0.5) is 5.69 Å². The number of carbonyl (C=O) groups is 2. The lowest BCUT2D eigenvalue weighted by atomic mass is 10.0. The summed E-state index contributed by atoms with van der Waals surface area (Å²) in [6, 6.07) is 15.4. The van der Waals surface area contributed by atoms with Crippen molar-refractivity contribution in [3.63, 3.8) is 0 Å². The van der Waals surface area contributed by atoms with Gasteiger partial charge in [0.25, 0.3) is 11.6 Å². The first-order valence-electron chi connectivity index (χ1n) is 8.96. The first-order chi connectivity index (χ1) is 13.5. The number of carbonyl (C=O) groups excluding carboxylic acids is 2. The van der Waals surface area contributed by atoms with Gasteiger partial charge in [-0.3, -0.25) is 14.9 Å². The van der Waals surface area contributed by atoms with Crippen molar-refractivity contribution in [1.82, 2.24) is 5.32 Å². The fourth-order valence-corrected chi connectivity index (χ4v) is 2.83. The summed E-state index contributed by atoms with van der Waals surface area (Å²) in [7, 11) is 0. The zero-order valence-electron chi connectivity index (χ0n) is 15.1. The molecule has 1 aliphatic carbocycles. The van der Waals surface area contributed by atoms with E-state index in [1.165, 1.54) is 36.4 Å². The Hall–Kier alpha value is -3.48. The molecule has 0 radical (unpaired) electrons. The summed E-state index contributed by atoms with van der Waals surface area (Å²) < 4.78 is 4.98. The summed E-state index contributed by atoms with van der Waals surface area (Å²) in [6.07, 6.45) is 4.79. The van der Waals surface area contributed by atoms with E-state index < -0.39 is 10.9 Å². The molecule has 1 atom stereocenters. The summed E-state index contributed by atoms with van der Waals surface area (Å²) in [4.78, 5) is 34.1. The molecule has 1 unspecified atom stereocenters. The third-order valence-corrected chi connectivity index (χ3v) is 4.43. The average molecular weight is 380 g/mol. The van der Waals surface area contributed by atoms with Gasteiger partial charge in [-0.2, -0.15) is 0 Å². The quantitative estimate of drug-likeness (QED) is 0.327. The Kier molecular flexibility index (Phi) is 6.16. The number of nitro groups is 1. The third kappa shape index (κ3) is 5.51. The Labute approximate surface area is 162 Å². The average Bonchev–Trinajstić information content (AvgIpc) is 3.55. The van der Waals surface area contributed by atoms with E-state index in [-0.39, 0.29) is 24.2 Å². The molecule has 144 valence electrons. The van der Waals surface area contributed by atoms with Gasteiger partial charge in [0.15, 0.2) is 6.61 Å². The SMILES string of the molecule is O=C(COC(=O)/C=C/c1ccc([N+](=O)[O-])cc1)NC(c1ccccc1)C1CC1. The molecule has 7 nitrogen and oxygen atoms in total. The lowest BCUT2D eigenvalue weighted by Gasteiger charge is -2.18. The summed E-state index contributed by atoms with van der Waals surface area (Å²) in [5.74, 6) is -0.585. The van der Waals surface area contributed by atoms with Crippen LogP contribution in [0, 0.1) is 16.0 Å². The molecule has 2 aromatic rings. The molecule has 0 saturated heterocycles. The van der Waals surface area contributed by atoms with Gasteiger partial charge in [0, 0.05) is 18.2 Å². The Balaban J connectivity index is 1.48. The van der Waals surface area contributed by atoms with Gasteiger partial charge in [0.1, 0.15) is 0 Å². The zero-order valence-corrected chi connectivity index (χ0v) is 15.1. The van der Waals surface area contributed by atoms with Crippen LogP contribution in [0.15, 0.2) is 60.7 Å². The van der Waals surface area contributed by atoms with E-state index in [1.54, 1.807) is 0 Å². The predicted molar refractivity (Wildman–Crippen MR) is 103 cm³/mol. The molecule has 1 N–H and O–H groups in total. The van der Waals surface area contributed by atoms with Crippen molar-refractivity contribution >= 4 is 23.6 Å². The van der Waals surface area contributed by atoms with E-state index in [9.17, 15) is 19.7 Å². The second kappa shape index (κ2) is 8.94. The second-order valence-electron chi connectivity index (χ2n) is 6.58. The van der Waals surface area contributed by atoms with Crippen LogP contribution in [0.1, 0.15) is 30.0 Å². The monoisotopic (exact) mass is 380 g/mol. The molecule has 1 saturated carbocycles. The van der Waals surface area contributed by atoms with E-state index in [0.717, 1.165) is 18.4 Å². The van der Waals surface area contributed by atoms with Gasteiger partial charge < -0.3 is 10.1 Å². The minimum Gasteiger partial charge on any atom is -0.452 e. The van der Waals surface area contributed by atoms with Crippen LogP contribution in [0.25, 0.3) is 6.08 Å². The zero-order chi connectivity index (χ0) is 19.9. The normalized spacial score (nSPS) is 14.4. The van der Waals surface area contributed by atoms with Crippen LogP contribution in [-0.2, 0) is 14.3 Å². The molecule has 1 fully saturated rings. The molecule has 7 heteroatoms. The van der Waals surface area contributed by atoms with Gasteiger partial charge in [-0.15, -0.1) is 0 Å². The van der Waals surface area contributed by atoms with Crippen LogP contribution >= 0.6 is 0 Å². The fraction of sp³-hybridized carbons (Fsp3) is 0.238. The van der Waals surface area contributed by atoms with E-state index in [0.29, 0.717) is 11.5 Å². The largest absolute Gasteiger partial charge is 0.452 e. The first-order valence-corrected chi connectivity index (χ1v) is 8.96. The summed E-state index contributed by atoms with van der Waals surface area (Å²) in [5, 5.41) is 13.6. The summed E-state index contributed by atoms with van der Waals surface area (Å²) in [5.41, 5.74) is 1.63. The number of nitrogens with zero attached hydrogens (tertiary/aromatic N) is 1. The van der Waals surface area contributed by atoms with Crippen molar-refractivity contribution in [1.29, 1.82) is 0 Å². The Morgan fingerprint density at radius 2 is 1.82 bits per heavy atom. The van der Waals surface area contributed by atoms with Crippen LogP contribution in [-0.4, -0.2) is 23.4 Å². The Bertz CT molecular complexity index is 873. The molecule has 1 aliphatic rings. The molecule has 28 heavy (non-hydrogen) atoms. The van der Waals surface area contributed by atoms with Crippen LogP contribution in [0.2, 0.25) is 0 Å². The highest BCUT2D eigenvalue weighted by Crippen LogP contribution is 2.40. The molecule has 0 bridgehead atoms. The van der Waals surface area contributed by atoms with E-state index in [4.69, 9.17) is 4.74 Å². The maximum Gasteiger partial charge on any atom is 0.331 e. The maximum atomic E-state index is 12.2. The minimum absolute atomic E-state index is 0.0277. The topological polar surface area (TPSA) is 98.5 Å². The first kappa shape index (κ1) is 19.3. The highest BCUT2D eigenvalue weighted by atomic mass is 16.6. The number of benzene rings is 2. The lowest BCUT2D eigenvalue weighted by molar-refractivity contribution is -0.384. The number of amides is 1. The van der Waals surface area contributed by atoms with Gasteiger partial charge in [-0.1, -0.05) is 30.3 Å². The number of nitrogens with one attached hydrogen (secondary N) is 1. The Morgan fingerprint density at radius 3 is 2.43 bits per heavy atom. The third-order valence-electron chi connectivity index (χ3n) is 4.43. The van der Waals surface area contributed by atoms with E-state index in [2.05, 4.69) is 5.32 Å². The molecule has 0 aromatic heterocycles. The molecular weight excluding hydrogens is 360 g/mol. The smallest absolute Gasteiger partial charge is 0.331 e. The minimum atomic E-state index is -0.656. The van der Waals surface area contributed by atoms with Crippen molar-refractivity contribution in [2.75, 3.05) is 6.61 Å². The number of ether oxygens (including phenoxy) is 1. The summed E-state index contributed by atoms with van der Waals surface area (Å²) >= 11 is 0. The van der Waals surface area contributed by atoms with Crippen LogP contribution < -0.4 is 5.32 Å². The molecule has 3 rings (SSSR count). The number of non-ortho nitro benzene ring substituents is 1.